The Morgan fingerprint density at radius 1 is 0.895 bits per heavy atom. The predicted molar refractivity (Wildman–Crippen MR) is 158 cm³/mol. The molecule has 0 unspecified atom stereocenters. The van der Waals surface area contributed by atoms with Crippen LogP contribution in [0.4, 0.5) is 5.69 Å². The third-order valence-electron chi connectivity index (χ3n) is 7.02. The lowest BCUT2D eigenvalue weighted by atomic mass is 10.1. The van der Waals surface area contributed by atoms with Gasteiger partial charge in [-0.05, 0) is 67.9 Å². The molecule has 1 aliphatic rings. The number of para-hydroxylation sites is 1. The number of benzene rings is 3. The number of aryl methyl sites for hydroxylation is 1. The number of aromatic nitrogens is 1. The molecule has 0 aliphatic carbocycles. The first-order valence-electron chi connectivity index (χ1n) is 12.9. The van der Waals surface area contributed by atoms with Gasteiger partial charge in [0.1, 0.15) is 0 Å². The molecule has 4 aromatic rings. The van der Waals surface area contributed by atoms with Crippen molar-refractivity contribution in [3.63, 3.8) is 0 Å². The summed E-state index contributed by atoms with van der Waals surface area (Å²) in [4.78, 5) is 17.6. The molecule has 38 heavy (non-hydrogen) atoms. The van der Waals surface area contributed by atoms with Crippen molar-refractivity contribution < 1.29 is 4.79 Å². The summed E-state index contributed by atoms with van der Waals surface area (Å²) in [5.41, 5.74) is 9.97. The van der Waals surface area contributed by atoms with Crippen LogP contribution in [0.2, 0.25) is 0 Å². The van der Waals surface area contributed by atoms with Crippen LogP contribution in [0.25, 0.3) is 5.69 Å². The zero-order valence-electron chi connectivity index (χ0n) is 21.8. The number of carbonyl (C=O) groups is 1. The molecule has 1 aliphatic heterocycles. The summed E-state index contributed by atoms with van der Waals surface area (Å²) < 4.78 is 3.20. The summed E-state index contributed by atoms with van der Waals surface area (Å²) in [6.07, 6.45) is 1.71. The van der Waals surface area contributed by atoms with Gasteiger partial charge in [-0.25, -0.2) is 5.43 Å². The van der Waals surface area contributed by atoms with E-state index in [1.165, 1.54) is 11.3 Å². The molecule has 1 aromatic heterocycles. The third-order valence-corrected chi connectivity index (χ3v) is 7.52. The van der Waals surface area contributed by atoms with E-state index in [-0.39, 0.29) is 5.91 Å². The summed E-state index contributed by atoms with van der Waals surface area (Å²) >= 11 is 3.54. The van der Waals surface area contributed by atoms with Gasteiger partial charge in [-0.15, -0.1) is 0 Å². The van der Waals surface area contributed by atoms with Crippen molar-refractivity contribution in [1.29, 1.82) is 0 Å². The third kappa shape index (κ3) is 6.06. The second-order valence-corrected chi connectivity index (χ2v) is 10.6. The molecule has 5 rings (SSSR count). The Morgan fingerprint density at radius 3 is 2.32 bits per heavy atom. The van der Waals surface area contributed by atoms with Crippen molar-refractivity contribution in [3.05, 3.63) is 117 Å². The smallest absolute Gasteiger partial charge is 0.271 e. The van der Waals surface area contributed by atoms with Gasteiger partial charge in [-0.3, -0.25) is 9.69 Å². The van der Waals surface area contributed by atoms with Crippen molar-refractivity contribution in [3.8, 4) is 5.69 Å². The van der Waals surface area contributed by atoms with Crippen LogP contribution in [0.5, 0.6) is 0 Å². The highest BCUT2D eigenvalue weighted by Gasteiger charge is 2.17. The summed E-state index contributed by atoms with van der Waals surface area (Å²) in [7, 11) is 0. The Morgan fingerprint density at radius 2 is 1.61 bits per heavy atom. The minimum Gasteiger partial charge on any atom is -0.369 e. The Bertz CT molecular complexity index is 1420. The van der Waals surface area contributed by atoms with Crippen LogP contribution in [-0.2, 0) is 6.54 Å². The van der Waals surface area contributed by atoms with E-state index in [0.717, 1.165) is 59.8 Å². The zero-order valence-corrected chi connectivity index (χ0v) is 23.4. The van der Waals surface area contributed by atoms with E-state index >= 15 is 0 Å². The minimum atomic E-state index is -0.218. The molecular weight excluding hydrogens is 538 g/mol. The monoisotopic (exact) mass is 569 g/mol. The summed E-state index contributed by atoms with van der Waals surface area (Å²) in [5.74, 6) is -0.218. The normalized spacial score (nSPS) is 14.2. The van der Waals surface area contributed by atoms with E-state index in [4.69, 9.17) is 0 Å². The van der Waals surface area contributed by atoms with Gasteiger partial charge in [0.05, 0.1) is 6.21 Å². The number of hydrogen-bond donors (Lipinski definition) is 1. The molecule has 1 saturated heterocycles. The molecule has 0 bridgehead atoms. The van der Waals surface area contributed by atoms with E-state index in [1.54, 1.807) is 6.21 Å². The van der Waals surface area contributed by atoms with Crippen molar-refractivity contribution in [1.82, 2.24) is 14.9 Å². The second-order valence-electron chi connectivity index (χ2n) is 9.64. The fourth-order valence-corrected chi connectivity index (χ4v) is 5.37. The molecule has 1 fully saturated rings. The van der Waals surface area contributed by atoms with Crippen LogP contribution in [0.1, 0.15) is 32.9 Å². The SMILES string of the molecule is Cc1cc(/C=N/NC(=O)c2ccc(CN3CCN(c4ccccc4)CC3)cc2)c(C)n1-c1cccc(Br)c1. The molecule has 3 aromatic carbocycles. The molecule has 6 nitrogen and oxygen atoms in total. The van der Waals surface area contributed by atoms with E-state index < -0.39 is 0 Å². The Labute approximate surface area is 232 Å². The highest BCUT2D eigenvalue weighted by atomic mass is 79.9. The van der Waals surface area contributed by atoms with E-state index in [0.29, 0.717) is 5.56 Å². The van der Waals surface area contributed by atoms with Gasteiger partial charge in [0.25, 0.3) is 5.91 Å². The number of hydrazone groups is 1. The van der Waals surface area contributed by atoms with Crippen molar-refractivity contribution in [2.45, 2.75) is 20.4 Å². The van der Waals surface area contributed by atoms with Gasteiger partial charge in [-0.2, -0.15) is 5.10 Å². The molecular formula is C31H32BrN5O. The van der Waals surface area contributed by atoms with Crippen LogP contribution in [0.15, 0.2) is 94.5 Å². The average Bonchev–Trinajstić information content (AvgIpc) is 3.22. The van der Waals surface area contributed by atoms with Crippen LogP contribution in [0.3, 0.4) is 0 Å². The lowest BCUT2D eigenvalue weighted by Crippen LogP contribution is -2.45. The largest absolute Gasteiger partial charge is 0.369 e. The number of rotatable bonds is 7. The molecule has 0 atom stereocenters. The van der Waals surface area contributed by atoms with Crippen LogP contribution < -0.4 is 10.3 Å². The number of nitrogens with one attached hydrogen (secondary N) is 1. The van der Waals surface area contributed by atoms with Gasteiger partial charge >= 0.3 is 0 Å². The number of amides is 1. The predicted octanol–water partition coefficient (Wildman–Crippen LogP) is 5.94. The van der Waals surface area contributed by atoms with Gasteiger partial charge in [0.2, 0.25) is 0 Å². The fraction of sp³-hybridized carbons (Fsp3) is 0.226. The maximum Gasteiger partial charge on any atom is 0.271 e. The number of nitrogens with zero attached hydrogens (tertiary/aromatic N) is 4. The Balaban J connectivity index is 1.14. The first kappa shape index (κ1) is 25.9. The first-order valence-corrected chi connectivity index (χ1v) is 13.7. The number of piperazine rings is 1. The van der Waals surface area contributed by atoms with E-state index in [2.05, 4.69) is 103 Å². The highest BCUT2D eigenvalue weighted by molar-refractivity contribution is 9.10. The molecule has 194 valence electrons. The standard InChI is InChI=1S/C31H32BrN5O/c1-23-19-27(24(2)37(23)30-10-6-7-28(32)20-30)21-33-34-31(38)26-13-11-25(12-14-26)22-35-15-17-36(18-16-35)29-8-4-3-5-9-29/h3-14,19-21H,15-18,22H2,1-2H3,(H,34,38)/b33-21+. The summed E-state index contributed by atoms with van der Waals surface area (Å²) in [5, 5.41) is 4.23. The molecule has 7 heteroatoms. The maximum atomic E-state index is 12.7. The Kier molecular flexibility index (Phi) is 8.05. The number of anilines is 1. The Hall–Kier alpha value is -3.68. The van der Waals surface area contributed by atoms with Crippen molar-refractivity contribution in [2.75, 3.05) is 31.1 Å². The zero-order chi connectivity index (χ0) is 26.5. The van der Waals surface area contributed by atoms with Crippen LogP contribution in [-0.4, -0.2) is 47.8 Å². The first-order chi connectivity index (χ1) is 18.5. The molecule has 1 N–H and O–H groups in total. The quantitative estimate of drug-likeness (QED) is 0.221. The summed E-state index contributed by atoms with van der Waals surface area (Å²) in [6.45, 7) is 9.09. The van der Waals surface area contributed by atoms with Crippen molar-refractivity contribution >= 4 is 33.7 Å². The lowest BCUT2D eigenvalue weighted by Gasteiger charge is -2.36. The second kappa shape index (κ2) is 11.8. The molecule has 0 spiro atoms. The maximum absolute atomic E-state index is 12.7. The van der Waals surface area contributed by atoms with Crippen LogP contribution >= 0.6 is 15.9 Å². The molecule has 1 amide bonds. The fourth-order valence-electron chi connectivity index (χ4n) is 4.98. The number of carbonyl (C=O) groups excluding carboxylic acids is 1. The van der Waals surface area contributed by atoms with Gasteiger partial charge in [-0.1, -0.05) is 52.3 Å². The molecule has 0 saturated carbocycles. The average molecular weight is 571 g/mol. The topological polar surface area (TPSA) is 52.9 Å². The lowest BCUT2D eigenvalue weighted by molar-refractivity contribution is 0.0955. The highest BCUT2D eigenvalue weighted by Crippen LogP contribution is 2.22. The van der Waals surface area contributed by atoms with Gasteiger partial charge in [0.15, 0.2) is 0 Å². The number of halogens is 1. The molecule has 2 heterocycles. The van der Waals surface area contributed by atoms with Crippen molar-refractivity contribution in [2.24, 2.45) is 5.10 Å². The number of hydrogen-bond acceptors (Lipinski definition) is 4. The summed E-state index contributed by atoms with van der Waals surface area (Å²) in [6, 6.07) is 28.7. The minimum absolute atomic E-state index is 0.218. The van der Waals surface area contributed by atoms with E-state index in [1.807, 2.05) is 36.4 Å². The van der Waals surface area contributed by atoms with E-state index in [9.17, 15) is 4.79 Å². The molecule has 0 radical (unpaired) electrons. The van der Waals surface area contributed by atoms with Gasteiger partial charge < -0.3 is 9.47 Å². The van der Waals surface area contributed by atoms with Gasteiger partial charge in [0, 0.05) is 71.1 Å². The van der Waals surface area contributed by atoms with Crippen LogP contribution in [0, 0.1) is 13.8 Å².